The maximum atomic E-state index is 11.2. The van der Waals surface area contributed by atoms with Crippen LogP contribution in [0.3, 0.4) is 0 Å². The number of carbonyl (C=O) groups excluding carboxylic acids is 1. The predicted molar refractivity (Wildman–Crippen MR) is 129 cm³/mol. The fourth-order valence-corrected chi connectivity index (χ4v) is 3.02. The Kier molecular flexibility index (Phi) is 12.1. The molecule has 166 valence electrons. The molecule has 0 saturated heterocycles. The van der Waals surface area contributed by atoms with Gasteiger partial charge in [0.2, 0.25) is 0 Å². The van der Waals surface area contributed by atoms with Crippen molar-refractivity contribution in [3.8, 4) is 0 Å². The monoisotopic (exact) mass is 422 g/mol. The van der Waals surface area contributed by atoms with E-state index in [0.717, 1.165) is 30.6 Å². The number of benzene rings is 2. The molecule has 2 aromatic carbocycles. The number of carbonyl (C=O) groups is 1. The number of aromatic amines is 1. The predicted octanol–water partition coefficient (Wildman–Crippen LogP) is 4.52. The molecule has 6 nitrogen and oxygen atoms in total. The molecule has 1 amide bonds. The van der Waals surface area contributed by atoms with E-state index in [9.17, 15) is 4.79 Å². The van der Waals surface area contributed by atoms with Gasteiger partial charge in [-0.3, -0.25) is 10.0 Å². The number of aromatic nitrogens is 1. The molecular formula is C25H34N4O2. The molecule has 1 heterocycles. The molecule has 31 heavy (non-hydrogen) atoms. The number of amides is 1. The molecule has 0 aliphatic carbocycles. The Labute approximate surface area is 184 Å². The van der Waals surface area contributed by atoms with Gasteiger partial charge in [0.1, 0.15) is 0 Å². The van der Waals surface area contributed by atoms with Crippen LogP contribution in [0.2, 0.25) is 0 Å². The molecule has 6 heteroatoms. The second-order valence-electron chi connectivity index (χ2n) is 6.52. The van der Waals surface area contributed by atoms with Crippen LogP contribution in [0, 0.1) is 0 Å². The Morgan fingerprint density at radius 3 is 2.48 bits per heavy atom. The molecule has 0 aliphatic heterocycles. The van der Waals surface area contributed by atoms with E-state index in [4.69, 9.17) is 5.21 Å². The summed E-state index contributed by atoms with van der Waals surface area (Å²) in [6.07, 6.45) is 5.57. The van der Waals surface area contributed by atoms with Gasteiger partial charge in [0, 0.05) is 29.7 Å². The number of hydrogen-bond acceptors (Lipinski definition) is 4. The lowest BCUT2D eigenvalue weighted by atomic mass is 10.0. The summed E-state index contributed by atoms with van der Waals surface area (Å²) in [5.41, 5.74) is 11.7. The van der Waals surface area contributed by atoms with E-state index in [1.54, 1.807) is 5.48 Å². The molecule has 0 fully saturated rings. The maximum absolute atomic E-state index is 11.2. The first-order valence-corrected chi connectivity index (χ1v) is 10.4. The minimum Gasteiger partial charge on any atom is -0.405 e. The molecule has 1 aromatic heterocycles. The van der Waals surface area contributed by atoms with Gasteiger partial charge in [-0.2, -0.15) is 0 Å². The van der Waals surface area contributed by atoms with Crippen molar-refractivity contribution in [1.82, 2.24) is 15.8 Å². The van der Waals surface area contributed by atoms with Crippen LogP contribution < -0.4 is 16.5 Å². The van der Waals surface area contributed by atoms with Crippen molar-refractivity contribution in [2.45, 2.75) is 33.7 Å². The fraction of sp³-hybridized carbons (Fsp3) is 0.240. The van der Waals surface area contributed by atoms with Crippen molar-refractivity contribution in [3.63, 3.8) is 0 Å². The molecule has 0 saturated carbocycles. The minimum absolute atomic E-state index is 0.523. The molecular weight excluding hydrogens is 388 g/mol. The summed E-state index contributed by atoms with van der Waals surface area (Å²) in [4.78, 5) is 14.4. The van der Waals surface area contributed by atoms with Gasteiger partial charge in [0.15, 0.2) is 0 Å². The van der Waals surface area contributed by atoms with Crippen molar-refractivity contribution >= 4 is 22.4 Å². The van der Waals surface area contributed by atoms with Crippen molar-refractivity contribution in [2.75, 3.05) is 6.54 Å². The van der Waals surface area contributed by atoms with Crippen molar-refractivity contribution in [2.24, 2.45) is 5.73 Å². The molecule has 6 N–H and O–H groups in total. The van der Waals surface area contributed by atoms with Gasteiger partial charge in [-0.05, 0) is 60.5 Å². The highest BCUT2D eigenvalue weighted by atomic mass is 16.5. The first-order valence-electron chi connectivity index (χ1n) is 10.4. The molecule has 3 rings (SSSR count). The van der Waals surface area contributed by atoms with Crippen molar-refractivity contribution in [3.05, 3.63) is 90.3 Å². The van der Waals surface area contributed by atoms with Crippen LogP contribution in [-0.4, -0.2) is 22.6 Å². The largest absolute Gasteiger partial charge is 0.405 e. The quantitative estimate of drug-likeness (QED) is 0.167. The third kappa shape index (κ3) is 8.50. The molecule has 0 spiro atoms. The lowest BCUT2D eigenvalue weighted by Crippen LogP contribution is -2.16. The van der Waals surface area contributed by atoms with E-state index >= 15 is 0 Å². The smallest absolute Gasteiger partial charge is 0.267 e. The number of hydroxylamine groups is 1. The number of hydrogen-bond donors (Lipinski definition) is 5. The molecule has 0 aliphatic rings. The van der Waals surface area contributed by atoms with Crippen LogP contribution in [0.5, 0.6) is 0 Å². The summed E-state index contributed by atoms with van der Waals surface area (Å²) in [5, 5.41) is 13.3. The summed E-state index contributed by atoms with van der Waals surface area (Å²) in [6, 6.07) is 16.5. The zero-order chi connectivity index (χ0) is 23.1. The van der Waals surface area contributed by atoms with Gasteiger partial charge in [0.25, 0.3) is 5.91 Å². The standard InChI is InChI=1S/C21H23N3O2.C2H5N.C2H6/c1-15(13-21(25)24-26)17-7-5-16(6-8-17)14-22-11-9-18-3-2-4-20-19(18)10-12-23-20;1-2-3;1-2/h2-8,10,12-13,22-23,26H,9,11,14H2,1H3,(H,24,25);2H,1,3H2;1-2H3/b15-13+;;. The summed E-state index contributed by atoms with van der Waals surface area (Å²) in [5.74, 6) is -0.523. The number of rotatable bonds is 7. The summed E-state index contributed by atoms with van der Waals surface area (Å²) < 4.78 is 0. The molecule has 0 atom stereocenters. The average molecular weight is 423 g/mol. The van der Waals surface area contributed by atoms with E-state index in [0.29, 0.717) is 0 Å². The lowest BCUT2D eigenvalue weighted by Gasteiger charge is -2.08. The molecule has 0 bridgehead atoms. The van der Waals surface area contributed by atoms with E-state index in [2.05, 4.69) is 46.9 Å². The SMILES string of the molecule is C/C(=C\C(=O)NO)c1ccc(CNCCc2cccc3[nH]ccc23)cc1.C=CN.CC. The maximum Gasteiger partial charge on any atom is 0.267 e. The number of nitrogens with two attached hydrogens (primary N) is 1. The Hall–Kier alpha value is -3.35. The number of fused-ring (bicyclic) bond motifs is 1. The van der Waals surface area contributed by atoms with Gasteiger partial charge in [-0.15, -0.1) is 0 Å². The van der Waals surface area contributed by atoms with Crippen LogP contribution in [0.1, 0.15) is 37.5 Å². The van der Waals surface area contributed by atoms with E-state index in [1.165, 1.54) is 34.3 Å². The van der Waals surface area contributed by atoms with E-state index < -0.39 is 5.91 Å². The van der Waals surface area contributed by atoms with Crippen molar-refractivity contribution in [1.29, 1.82) is 0 Å². The number of allylic oxidation sites excluding steroid dienone is 1. The summed E-state index contributed by atoms with van der Waals surface area (Å²) in [7, 11) is 0. The molecule has 3 aromatic rings. The topological polar surface area (TPSA) is 103 Å². The third-order valence-electron chi connectivity index (χ3n) is 4.45. The normalized spacial score (nSPS) is 10.4. The van der Waals surface area contributed by atoms with Crippen LogP contribution in [-0.2, 0) is 17.8 Å². The Bertz CT molecular complexity index is 959. The van der Waals surface area contributed by atoms with Crippen LogP contribution in [0.25, 0.3) is 16.5 Å². The fourth-order valence-electron chi connectivity index (χ4n) is 3.02. The first kappa shape index (κ1) is 25.7. The van der Waals surface area contributed by atoms with Gasteiger partial charge in [-0.1, -0.05) is 56.8 Å². The summed E-state index contributed by atoms with van der Waals surface area (Å²) >= 11 is 0. The van der Waals surface area contributed by atoms with Gasteiger partial charge in [-0.25, -0.2) is 5.48 Å². The number of H-pyrrole nitrogens is 1. The number of nitrogens with one attached hydrogen (secondary N) is 3. The van der Waals surface area contributed by atoms with Gasteiger partial charge in [0.05, 0.1) is 0 Å². The Morgan fingerprint density at radius 1 is 1.16 bits per heavy atom. The zero-order valence-corrected chi connectivity index (χ0v) is 18.6. The van der Waals surface area contributed by atoms with Gasteiger partial charge < -0.3 is 16.0 Å². The Morgan fingerprint density at radius 2 is 1.84 bits per heavy atom. The third-order valence-corrected chi connectivity index (χ3v) is 4.45. The highest BCUT2D eigenvalue weighted by molar-refractivity contribution is 5.94. The van der Waals surface area contributed by atoms with Crippen LogP contribution in [0.4, 0.5) is 0 Å². The summed E-state index contributed by atoms with van der Waals surface area (Å²) in [6.45, 7) is 10.7. The average Bonchev–Trinajstić information content (AvgIpc) is 3.28. The van der Waals surface area contributed by atoms with E-state index in [1.807, 2.05) is 51.2 Å². The Balaban J connectivity index is 0.000000884. The second kappa shape index (κ2) is 14.6. The highest BCUT2D eigenvalue weighted by Gasteiger charge is 2.02. The van der Waals surface area contributed by atoms with Crippen LogP contribution >= 0.6 is 0 Å². The van der Waals surface area contributed by atoms with Gasteiger partial charge >= 0.3 is 0 Å². The lowest BCUT2D eigenvalue weighted by molar-refractivity contribution is -0.124. The minimum atomic E-state index is -0.523. The zero-order valence-electron chi connectivity index (χ0n) is 18.6. The van der Waals surface area contributed by atoms with Crippen LogP contribution in [0.15, 0.2) is 73.6 Å². The second-order valence-corrected chi connectivity index (χ2v) is 6.52. The molecule has 0 radical (unpaired) electrons. The molecule has 0 unspecified atom stereocenters. The van der Waals surface area contributed by atoms with E-state index in [-0.39, 0.29) is 0 Å². The first-order chi connectivity index (χ1) is 15.1. The highest BCUT2D eigenvalue weighted by Crippen LogP contribution is 2.18. The van der Waals surface area contributed by atoms with Crippen molar-refractivity contribution < 1.29 is 10.0 Å².